The lowest BCUT2D eigenvalue weighted by atomic mass is 10.1. The van der Waals surface area contributed by atoms with Crippen LogP contribution < -0.4 is 4.74 Å². The van der Waals surface area contributed by atoms with Crippen LogP contribution in [0.5, 0.6) is 5.75 Å². The highest BCUT2D eigenvalue weighted by Crippen LogP contribution is 2.26. The van der Waals surface area contributed by atoms with Crippen LogP contribution in [0, 0.1) is 18.3 Å². The Morgan fingerprint density at radius 1 is 1.10 bits per heavy atom. The zero-order valence-corrected chi connectivity index (χ0v) is 11.6. The molecule has 0 amide bonds. The standard InChI is InChI=1S/C18H17NO/c1-13-9-14(11-19)5-6-17(13)12-20-18-8-7-15-3-2-4-16(15)10-18/h5-10H,2-4,12H2,1H3. The molecule has 0 atom stereocenters. The Balaban J connectivity index is 1.72. The van der Waals surface area contributed by atoms with E-state index >= 15 is 0 Å². The number of benzene rings is 2. The van der Waals surface area contributed by atoms with Crippen LogP contribution in [0.4, 0.5) is 0 Å². The van der Waals surface area contributed by atoms with Gasteiger partial charge < -0.3 is 4.74 Å². The van der Waals surface area contributed by atoms with Gasteiger partial charge in [0.1, 0.15) is 12.4 Å². The van der Waals surface area contributed by atoms with Crippen LogP contribution in [0.2, 0.25) is 0 Å². The molecule has 3 rings (SSSR count). The summed E-state index contributed by atoms with van der Waals surface area (Å²) in [7, 11) is 0. The van der Waals surface area contributed by atoms with Gasteiger partial charge in [0.25, 0.3) is 0 Å². The van der Waals surface area contributed by atoms with Crippen LogP contribution in [0.25, 0.3) is 0 Å². The molecule has 2 nitrogen and oxygen atoms in total. The molecule has 2 aromatic carbocycles. The first-order valence-electron chi connectivity index (χ1n) is 7.00. The van der Waals surface area contributed by atoms with Crippen molar-refractivity contribution in [2.45, 2.75) is 32.8 Å². The number of aryl methyl sites for hydroxylation is 3. The van der Waals surface area contributed by atoms with E-state index in [0.717, 1.165) is 16.9 Å². The van der Waals surface area contributed by atoms with Crippen LogP contribution in [0.15, 0.2) is 36.4 Å². The lowest BCUT2D eigenvalue weighted by Gasteiger charge is -2.10. The molecule has 2 heteroatoms. The van der Waals surface area contributed by atoms with Crippen molar-refractivity contribution in [2.24, 2.45) is 0 Å². The first-order chi connectivity index (χ1) is 9.76. The predicted molar refractivity (Wildman–Crippen MR) is 78.7 cm³/mol. The minimum absolute atomic E-state index is 0.552. The molecule has 0 saturated heterocycles. The van der Waals surface area contributed by atoms with Crippen molar-refractivity contribution in [3.05, 3.63) is 64.2 Å². The smallest absolute Gasteiger partial charge is 0.120 e. The molecule has 100 valence electrons. The van der Waals surface area contributed by atoms with Gasteiger partial charge in [0.05, 0.1) is 11.6 Å². The van der Waals surface area contributed by atoms with Gasteiger partial charge in [-0.05, 0) is 72.7 Å². The third-order valence-electron chi connectivity index (χ3n) is 3.94. The van der Waals surface area contributed by atoms with Gasteiger partial charge in [0, 0.05) is 0 Å². The van der Waals surface area contributed by atoms with E-state index in [1.165, 1.54) is 30.4 Å². The molecule has 0 fully saturated rings. The summed E-state index contributed by atoms with van der Waals surface area (Å²) in [6, 6.07) is 14.3. The van der Waals surface area contributed by atoms with Gasteiger partial charge in [-0.1, -0.05) is 12.1 Å². The Kier molecular flexibility index (Phi) is 3.43. The van der Waals surface area contributed by atoms with Crippen LogP contribution in [0.1, 0.15) is 34.2 Å². The number of hydrogen-bond donors (Lipinski definition) is 0. The Morgan fingerprint density at radius 3 is 2.75 bits per heavy atom. The first-order valence-corrected chi connectivity index (χ1v) is 7.00. The second-order valence-electron chi connectivity index (χ2n) is 5.33. The van der Waals surface area contributed by atoms with Gasteiger partial charge in [-0.2, -0.15) is 5.26 Å². The number of ether oxygens (including phenoxy) is 1. The summed E-state index contributed by atoms with van der Waals surface area (Å²) in [5, 5.41) is 8.87. The van der Waals surface area contributed by atoms with E-state index in [4.69, 9.17) is 10.00 Å². The summed E-state index contributed by atoms with van der Waals surface area (Å²) < 4.78 is 5.89. The Bertz CT molecular complexity index is 682. The molecule has 0 saturated carbocycles. The lowest BCUT2D eigenvalue weighted by Crippen LogP contribution is -1.99. The third-order valence-corrected chi connectivity index (χ3v) is 3.94. The van der Waals surface area contributed by atoms with Crippen molar-refractivity contribution in [3.63, 3.8) is 0 Å². The highest BCUT2D eigenvalue weighted by atomic mass is 16.5. The van der Waals surface area contributed by atoms with E-state index in [1.54, 1.807) is 0 Å². The third kappa shape index (κ3) is 2.53. The molecular formula is C18H17NO. The van der Waals surface area contributed by atoms with Crippen LogP contribution in [0.3, 0.4) is 0 Å². The van der Waals surface area contributed by atoms with Gasteiger partial charge in [0.2, 0.25) is 0 Å². The minimum atomic E-state index is 0.552. The summed E-state index contributed by atoms with van der Waals surface area (Å²) in [6.45, 7) is 2.57. The monoisotopic (exact) mass is 263 g/mol. The van der Waals surface area contributed by atoms with Gasteiger partial charge >= 0.3 is 0 Å². The highest BCUT2D eigenvalue weighted by molar-refractivity contribution is 5.40. The second kappa shape index (κ2) is 5.38. The molecule has 0 heterocycles. The first kappa shape index (κ1) is 12.7. The molecule has 0 spiro atoms. The van der Waals surface area contributed by atoms with Gasteiger partial charge in [-0.15, -0.1) is 0 Å². The maximum Gasteiger partial charge on any atom is 0.120 e. The number of nitrogens with zero attached hydrogens (tertiary/aromatic N) is 1. The number of nitriles is 1. The molecule has 0 aromatic heterocycles. The van der Waals surface area contributed by atoms with Crippen LogP contribution >= 0.6 is 0 Å². The molecule has 0 N–H and O–H groups in total. The topological polar surface area (TPSA) is 33.0 Å². The number of hydrogen-bond acceptors (Lipinski definition) is 2. The number of rotatable bonds is 3. The maximum absolute atomic E-state index is 8.87. The average Bonchev–Trinajstić information content (AvgIpc) is 2.93. The molecule has 0 bridgehead atoms. The summed E-state index contributed by atoms with van der Waals surface area (Å²) in [6.07, 6.45) is 3.63. The van der Waals surface area contributed by atoms with E-state index in [-0.39, 0.29) is 0 Å². The Hall–Kier alpha value is -2.27. The molecular weight excluding hydrogens is 246 g/mol. The lowest BCUT2D eigenvalue weighted by molar-refractivity contribution is 0.305. The Morgan fingerprint density at radius 2 is 1.95 bits per heavy atom. The molecule has 2 aromatic rings. The molecule has 0 aliphatic heterocycles. The fourth-order valence-corrected chi connectivity index (χ4v) is 2.73. The predicted octanol–water partition coefficient (Wildman–Crippen LogP) is 3.93. The fourth-order valence-electron chi connectivity index (χ4n) is 2.73. The number of fused-ring (bicyclic) bond motifs is 1. The maximum atomic E-state index is 8.87. The summed E-state index contributed by atoms with van der Waals surface area (Å²) in [5.41, 5.74) is 5.82. The van der Waals surface area contributed by atoms with Crippen molar-refractivity contribution in [2.75, 3.05) is 0 Å². The quantitative estimate of drug-likeness (QED) is 0.840. The van der Waals surface area contributed by atoms with Crippen molar-refractivity contribution in [3.8, 4) is 11.8 Å². The molecule has 1 aliphatic carbocycles. The van der Waals surface area contributed by atoms with Crippen LogP contribution in [-0.4, -0.2) is 0 Å². The molecule has 0 radical (unpaired) electrons. The van der Waals surface area contributed by atoms with Crippen LogP contribution in [-0.2, 0) is 19.4 Å². The average molecular weight is 263 g/mol. The SMILES string of the molecule is Cc1cc(C#N)ccc1COc1ccc2c(c1)CCC2. The van der Waals surface area contributed by atoms with E-state index in [1.807, 2.05) is 25.1 Å². The van der Waals surface area contributed by atoms with E-state index in [9.17, 15) is 0 Å². The second-order valence-corrected chi connectivity index (χ2v) is 5.33. The summed E-state index contributed by atoms with van der Waals surface area (Å²) >= 11 is 0. The normalized spacial score (nSPS) is 12.8. The van der Waals surface area contributed by atoms with Gasteiger partial charge in [-0.25, -0.2) is 0 Å². The Labute approximate surface area is 119 Å². The van der Waals surface area contributed by atoms with Gasteiger partial charge in [0.15, 0.2) is 0 Å². The summed E-state index contributed by atoms with van der Waals surface area (Å²) in [5.74, 6) is 0.939. The highest BCUT2D eigenvalue weighted by Gasteiger charge is 2.11. The fraction of sp³-hybridized carbons (Fsp3) is 0.278. The zero-order chi connectivity index (χ0) is 13.9. The van der Waals surface area contributed by atoms with Crippen molar-refractivity contribution < 1.29 is 4.74 Å². The minimum Gasteiger partial charge on any atom is -0.489 e. The van der Waals surface area contributed by atoms with E-state index in [0.29, 0.717) is 12.2 Å². The molecule has 20 heavy (non-hydrogen) atoms. The largest absolute Gasteiger partial charge is 0.489 e. The van der Waals surface area contributed by atoms with Crippen molar-refractivity contribution in [1.82, 2.24) is 0 Å². The van der Waals surface area contributed by atoms with E-state index in [2.05, 4.69) is 24.3 Å². The van der Waals surface area contributed by atoms with Crippen molar-refractivity contribution >= 4 is 0 Å². The van der Waals surface area contributed by atoms with Gasteiger partial charge in [-0.3, -0.25) is 0 Å². The molecule has 0 unspecified atom stereocenters. The van der Waals surface area contributed by atoms with Crippen molar-refractivity contribution in [1.29, 1.82) is 5.26 Å². The summed E-state index contributed by atoms with van der Waals surface area (Å²) in [4.78, 5) is 0. The van der Waals surface area contributed by atoms with E-state index < -0.39 is 0 Å². The zero-order valence-electron chi connectivity index (χ0n) is 11.6. The molecule has 1 aliphatic rings.